The van der Waals surface area contributed by atoms with Crippen molar-refractivity contribution in [3.05, 3.63) is 103 Å². The molecular formula is C26H19N7O. The second-order valence-corrected chi connectivity index (χ2v) is 7.60. The van der Waals surface area contributed by atoms with Crippen LogP contribution in [-0.4, -0.2) is 25.5 Å². The Morgan fingerprint density at radius 1 is 0.971 bits per heavy atom. The Kier molecular flexibility index (Phi) is 5.65. The van der Waals surface area contributed by atoms with Crippen molar-refractivity contribution in [1.82, 2.24) is 19.6 Å². The van der Waals surface area contributed by atoms with E-state index in [1.54, 1.807) is 23.0 Å². The molecule has 0 saturated carbocycles. The van der Waals surface area contributed by atoms with Crippen LogP contribution in [0.4, 0.5) is 17.3 Å². The molecule has 0 saturated heterocycles. The van der Waals surface area contributed by atoms with Crippen molar-refractivity contribution in [2.24, 2.45) is 0 Å². The molecule has 2 aromatic carbocycles. The Hall–Kier alpha value is -5.03. The average molecular weight is 445 g/mol. The number of nitriles is 1. The van der Waals surface area contributed by atoms with Crippen molar-refractivity contribution in [2.75, 3.05) is 10.6 Å². The first-order chi connectivity index (χ1) is 16.7. The molecule has 5 aromatic rings. The highest BCUT2D eigenvalue weighted by Gasteiger charge is 2.09. The van der Waals surface area contributed by atoms with E-state index >= 15 is 0 Å². The van der Waals surface area contributed by atoms with Crippen LogP contribution in [0.1, 0.15) is 11.1 Å². The van der Waals surface area contributed by atoms with Crippen LogP contribution >= 0.6 is 0 Å². The van der Waals surface area contributed by atoms with Gasteiger partial charge in [-0.2, -0.15) is 10.2 Å². The van der Waals surface area contributed by atoms with Crippen molar-refractivity contribution in [2.45, 2.75) is 6.42 Å². The van der Waals surface area contributed by atoms with E-state index < -0.39 is 0 Å². The predicted molar refractivity (Wildman–Crippen MR) is 129 cm³/mol. The molecule has 2 N–H and O–H groups in total. The maximum atomic E-state index is 12.3. The second-order valence-electron chi connectivity index (χ2n) is 7.60. The number of hydrogen-bond acceptors (Lipinski definition) is 6. The maximum Gasteiger partial charge on any atom is 0.247 e. The molecule has 3 heterocycles. The van der Waals surface area contributed by atoms with Gasteiger partial charge in [-0.05, 0) is 53.6 Å². The summed E-state index contributed by atoms with van der Waals surface area (Å²) in [6, 6.07) is 24.5. The molecule has 0 fully saturated rings. The number of anilines is 3. The SMILES string of the molecule is N#Cc1ccccc1Nc1nc2ccc(-c3ccc(NC(=O)Cc4cccnc4)cc3)cn2n1. The molecule has 0 atom stereocenters. The maximum absolute atomic E-state index is 12.3. The van der Waals surface area contributed by atoms with E-state index in [0.717, 1.165) is 22.4 Å². The number of hydrogen-bond donors (Lipinski definition) is 2. The summed E-state index contributed by atoms with van der Waals surface area (Å²) in [6.45, 7) is 0. The molecule has 8 nitrogen and oxygen atoms in total. The number of carbonyl (C=O) groups excluding carboxylic acids is 1. The van der Waals surface area contributed by atoms with Crippen molar-refractivity contribution >= 4 is 28.9 Å². The fraction of sp³-hybridized carbons (Fsp3) is 0.0385. The molecule has 0 aliphatic rings. The zero-order valence-corrected chi connectivity index (χ0v) is 18.0. The molecule has 164 valence electrons. The minimum Gasteiger partial charge on any atom is -0.326 e. The number of carbonyl (C=O) groups is 1. The van der Waals surface area contributed by atoms with Gasteiger partial charge in [-0.3, -0.25) is 9.78 Å². The molecule has 5 rings (SSSR count). The number of nitrogens with zero attached hydrogens (tertiary/aromatic N) is 5. The summed E-state index contributed by atoms with van der Waals surface area (Å²) in [4.78, 5) is 20.8. The fourth-order valence-corrected chi connectivity index (χ4v) is 3.56. The van der Waals surface area contributed by atoms with Gasteiger partial charge >= 0.3 is 0 Å². The van der Waals surface area contributed by atoms with E-state index in [0.29, 0.717) is 22.8 Å². The Morgan fingerprint density at radius 2 is 1.79 bits per heavy atom. The quantitative estimate of drug-likeness (QED) is 0.396. The lowest BCUT2D eigenvalue weighted by atomic mass is 10.1. The van der Waals surface area contributed by atoms with Crippen molar-refractivity contribution in [3.8, 4) is 17.2 Å². The van der Waals surface area contributed by atoms with Crippen LogP contribution in [0.5, 0.6) is 0 Å². The highest BCUT2D eigenvalue weighted by atomic mass is 16.1. The molecule has 0 aliphatic carbocycles. The van der Waals surface area contributed by atoms with E-state index in [1.165, 1.54) is 0 Å². The molecule has 0 aliphatic heterocycles. The molecule has 8 heteroatoms. The van der Waals surface area contributed by atoms with Gasteiger partial charge in [0.15, 0.2) is 5.65 Å². The van der Waals surface area contributed by atoms with Crippen LogP contribution in [0.2, 0.25) is 0 Å². The fourth-order valence-electron chi connectivity index (χ4n) is 3.56. The number of aromatic nitrogens is 4. The molecular weight excluding hydrogens is 426 g/mol. The topological polar surface area (TPSA) is 108 Å². The third-order valence-electron chi connectivity index (χ3n) is 5.21. The van der Waals surface area contributed by atoms with E-state index in [1.807, 2.05) is 72.9 Å². The summed E-state index contributed by atoms with van der Waals surface area (Å²) in [5, 5.41) is 19.8. The molecule has 1 amide bonds. The van der Waals surface area contributed by atoms with Crippen molar-refractivity contribution < 1.29 is 4.79 Å². The van der Waals surface area contributed by atoms with Crippen LogP contribution in [-0.2, 0) is 11.2 Å². The standard InChI is InChI=1S/C26H19N7O/c27-15-20-5-1-2-6-23(20)30-26-31-24-12-9-21(17-33(24)32-26)19-7-10-22(11-8-19)29-25(34)14-18-4-3-13-28-16-18/h1-13,16-17H,14H2,(H,29,34)(H,30,32). The molecule has 3 aromatic heterocycles. The highest BCUT2D eigenvalue weighted by molar-refractivity contribution is 5.92. The number of amides is 1. The summed E-state index contributed by atoms with van der Waals surface area (Å²) < 4.78 is 1.69. The van der Waals surface area contributed by atoms with Gasteiger partial charge < -0.3 is 10.6 Å². The molecule has 0 bridgehead atoms. The summed E-state index contributed by atoms with van der Waals surface area (Å²) in [5.41, 5.74) is 5.38. The summed E-state index contributed by atoms with van der Waals surface area (Å²) >= 11 is 0. The summed E-state index contributed by atoms with van der Waals surface area (Å²) in [6.07, 6.45) is 5.53. The van der Waals surface area contributed by atoms with E-state index in [2.05, 4.69) is 31.8 Å². The summed E-state index contributed by atoms with van der Waals surface area (Å²) in [5.74, 6) is 0.314. The molecule has 0 radical (unpaired) electrons. The Labute approximate surface area is 195 Å². The van der Waals surface area contributed by atoms with Gasteiger partial charge in [0.25, 0.3) is 0 Å². The zero-order chi connectivity index (χ0) is 23.3. The number of fused-ring (bicyclic) bond motifs is 1. The van der Waals surface area contributed by atoms with Crippen LogP contribution in [0.25, 0.3) is 16.8 Å². The first-order valence-corrected chi connectivity index (χ1v) is 10.6. The van der Waals surface area contributed by atoms with Gasteiger partial charge in [0.1, 0.15) is 6.07 Å². The van der Waals surface area contributed by atoms with Crippen molar-refractivity contribution in [3.63, 3.8) is 0 Å². The van der Waals surface area contributed by atoms with Gasteiger partial charge in [0.05, 0.1) is 17.7 Å². The number of pyridine rings is 2. The minimum atomic E-state index is -0.0946. The smallest absolute Gasteiger partial charge is 0.247 e. The van der Waals surface area contributed by atoms with Crippen LogP contribution in [0.15, 0.2) is 91.4 Å². The van der Waals surface area contributed by atoms with Gasteiger partial charge in [0.2, 0.25) is 11.9 Å². The Bertz CT molecular complexity index is 1500. The van der Waals surface area contributed by atoms with E-state index in [-0.39, 0.29) is 12.3 Å². The molecule has 34 heavy (non-hydrogen) atoms. The molecule has 0 unspecified atom stereocenters. The normalized spacial score (nSPS) is 10.6. The Morgan fingerprint density at radius 3 is 2.59 bits per heavy atom. The monoisotopic (exact) mass is 445 g/mol. The number of nitrogens with one attached hydrogen (secondary N) is 2. The lowest BCUT2D eigenvalue weighted by Gasteiger charge is -2.07. The number of para-hydroxylation sites is 1. The third-order valence-corrected chi connectivity index (χ3v) is 5.21. The first-order valence-electron chi connectivity index (χ1n) is 10.6. The average Bonchev–Trinajstić information content (AvgIpc) is 3.27. The largest absolute Gasteiger partial charge is 0.326 e. The predicted octanol–water partition coefficient (Wildman–Crippen LogP) is 4.59. The van der Waals surface area contributed by atoms with E-state index in [4.69, 9.17) is 0 Å². The van der Waals surface area contributed by atoms with Gasteiger partial charge in [-0.25, -0.2) is 4.52 Å². The minimum absolute atomic E-state index is 0.0946. The van der Waals surface area contributed by atoms with Gasteiger partial charge in [-0.1, -0.05) is 30.3 Å². The van der Waals surface area contributed by atoms with Gasteiger partial charge in [-0.15, -0.1) is 5.10 Å². The van der Waals surface area contributed by atoms with Crippen molar-refractivity contribution in [1.29, 1.82) is 5.26 Å². The number of benzene rings is 2. The Balaban J connectivity index is 1.30. The first kappa shape index (κ1) is 20.8. The van der Waals surface area contributed by atoms with Crippen LogP contribution < -0.4 is 10.6 Å². The number of rotatable bonds is 6. The van der Waals surface area contributed by atoms with Crippen LogP contribution in [0, 0.1) is 11.3 Å². The zero-order valence-electron chi connectivity index (χ0n) is 18.0. The lowest BCUT2D eigenvalue weighted by Crippen LogP contribution is -2.14. The molecule has 0 spiro atoms. The highest BCUT2D eigenvalue weighted by Crippen LogP contribution is 2.23. The third kappa shape index (κ3) is 4.59. The lowest BCUT2D eigenvalue weighted by molar-refractivity contribution is -0.115. The van der Waals surface area contributed by atoms with Gasteiger partial charge in [0, 0.05) is 29.8 Å². The second kappa shape index (κ2) is 9.22. The summed E-state index contributed by atoms with van der Waals surface area (Å²) in [7, 11) is 0. The van der Waals surface area contributed by atoms with Crippen LogP contribution in [0.3, 0.4) is 0 Å². The van der Waals surface area contributed by atoms with E-state index in [9.17, 15) is 10.1 Å².